The van der Waals surface area contributed by atoms with Crippen LogP contribution in [0.4, 0.5) is 0 Å². The molecule has 1 aliphatic rings. The molecule has 1 fully saturated rings. The van der Waals surface area contributed by atoms with Crippen LogP contribution in [0.1, 0.15) is 309 Å². The van der Waals surface area contributed by atoms with Gasteiger partial charge in [0.1, 0.15) is 36.6 Å². The first-order valence-electron chi connectivity index (χ1n) is 32.2. The predicted octanol–water partition coefficient (Wildman–Crippen LogP) is 14.5. The Labute approximate surface area is 461 Å². The third-order valence-electron chi connectivity index (χ3n) is 15.7. The van der Waals surface area contributed by atoms with E-state index in [0.717, 1.165) is 38.5 Å². The zero-order valence-electron chi connectivity index (χ0n) is 48.8. The number of carbonyl (C=O) groups excluding carboxylic acids is 1. The highest BCUT2D eigenvalue weighted by Crippen LogP contribution is 2.24. The van der Waals surface area contributed by atoms with Gasteiger partial charge in [-0.1, -0.05) is 282 Å². The van der Waals surface area contributed by atoms with Crippen molar-refractivity contribution in [1.82, 2.24) is 5.32 Å². The molecular weight excluding hydrogens is 943 g/mol. The summed E-state index contributed by atoms with van der Waals surface area (Å²) < 4.78 is 11.2. The van der Waals surface area contributed by atoms with Gasteiger partial charge >= 0.3 is 0 Å². The quantitative estimate of drug-likeness (QED) is 0.0215. The second-order valence-electron chi connectivity index (χ2n) is 22.8. The summed E-state index contributed by atoms with van der Waals surface area (Å²) in [5.74, 6) is -0.704. The number of ether oxygens (including phenoxy) is 2. The molecule has 1 saturated heterocycles. The SMILES string of the molecule is CCCCCCCCCCCCC/C=C/CC/C=C/CCCC(O)C(O)C(COC1OC(CO)C(O)C(O)C1O)NC(=O)C(O)CCCCCCCCCCCCCCCCCCCCCCCCCCCCCC. The molecule has 8 N–H and O–H groups in total. The lowest BCUT2D eigenvalue weighted by molar-refractivity contribution is -0.303. The van der Waals surface area contributed by atoms with Crippen LogP contribution >= 0.6 is 0 Å². The molecule has 0 saturated carbocycles. The molecule has 0 radical (unpaired) electrons. The van der Waals surface area contributed by atoms with Crippen molar-refractivity contribution >= 4 is 5.91 Å². The molecular formula is C64H123NO10. The van der Waals surface area contributed by atoms with Crippen molar-refractivity contribution in [2.45, 2.75) is 364 Å². The fourth-order valence-electron chi connectivity index (χ4n) is 10.5. The normalized spacial score (nSPS) is 19.8. The van der Waals surface area contributed by atoms with Crippen LogP contribution in [-0.2, 0) is 14.3 Å². The molecule has 11 nitrogen and oxygen atoms in total. The number of aliphatic hydroxyl groups excluding tert-OH is 7. The summed E-state index contributed by atoms with van der Waals surface area (Å²) in [6, 6.07) is -1.19. The topological polar surface area (TPSA) is 189 Å². The Kier molecular flexibility index (Phi) is 50.8. The number of allylic oxidation sites excluding steroid dienone is 4. The molecule has 1 amide bonds. The maximum absolute atomic E-state index is 13.2. The summed E-state index contributed by atoms with van der Waals surface area (Å²) in [5.41, 5.74) is 0. The number of aliphatic hydroxyl groups is 7. The van der Waals surface area contributed by atoms with Crippen molar-refractivity contribution in [1.29, 1.82) is 0 Å². The van der Waals surface area contributed by atoms with Crippen LogP contribution in [0.15, 0.2) is 24.3 Å². The average Bonchev–Trinajstić information content (AvgIpc) is 3.41. The number of nitrogens with one attached hydrogen (secondary N) is 1. The molecule has 1 heterocycles. The Balaban J connectivity index is 2.25. The van der Waals surface area contributed by atoms with Crippen molar-refractivity contribution in [3.05, 3.63) is 24.3 Å². The van der Waals surface area contributed by atoms with Crippen LogP contribution in [-0.4, -0.2) is 110 Å². The summed E-state index contributed by atoms with van der Waals surface area (Å²) in [7, 11) is 0. The molecule has 1 rings (SSSR count). The number of rotatable bonds is 56. The van der Waals surface area contributed by atoms with E-state index in [2.05, 4.69) is 43.5 Å². The van der Waals surface area contributed by atoms with E-state index in [1.165, 1.54) is 225 Å². The van der Waals surface area contributed by atoms with Gasteiger partial charge in [-0.2, -0.15) is 0 Å². The van der Waals surface area contributed by atoms with Gasteiger partial charge in [0.25, 0.3) is 0 Å². The standard InChI is InChI=1S/C64H123NO10/c1-3-5-7-9-11-13-15-17-19-21-23-25-26-27-28-29-30-31-32-34-36-38-40-42-44-46-48-50-52-57(68)63(73)65-55(54-74-64-62(72)61(71)60(70)58(53-66)75-64)59(69)56(67)51-49-47-45-43-41-39-37-35-33-24-22-20-18-16-14-12-10-8-6-4-2/h35,37,43,45,55-62,64,66-72H,3-34,36,38-42,44,46-54H2,1-2H3,(H,65,73)/b37-35+,45-43+. The minimum absolute atomic E-state index is 0.249. The highest BCUT2D eigenvalue weighted by Gasteiger charge is 2.44. The lowest BCUT2D eigenvalue weighted by Crippen LogP contribution is -2.60. The fourth-order valence-corrected chi connectivity index (χ4v) is 10.5. The van der Waals surface area contributed by atoms with Gasteiger partial charge < -0.3 is 50.5 Å². The second kappa shape index (κ2) is 53.2. The molecule has 1 aliphatic heterocycles. The molecule has 0 aromatic carbocycles. The van der Waals surface area contributed by atoms with Gasteiger partial charge in [0, 0.05) is 0 Å². The van der Waals surface area contributed by atoms with Gasteiger partial charge in [0.05, 0.1) is 25.4 Å². The molecule has 11 heteroatoms. The molecule has 75 heavy (non-hydrogen) atoms. The van der Waals surface area contributed by atoms with Crippen molar-refractivity contribution in [2.24, 2.45) is 0 Å². The lowest BCUT2D eigenvalue weighted by atomic mass is 9.98. The average molecular weight is 1070 g/mol. The summed E-state index contributed by atoms with van der Waals surface area (Å²) in [6.07, 6.45) is 53.9. The van der Waals surface area contributed by atoms with Crippen LogP contribution in [0.2, 0.25) is 0 Å². The van der Waals surface area contributed by atoms with Gasteiger partial charge in [0.2, 0.25) is 5.91 Å². The smallest absolute Gasteiger partial charge is 0.249 e. The Morgan fingerprint density at radius 2 is 0.800 bits per heavy atom. The van der Waals surface area contributed by atoms with Crippen LogP contribution in [0, 0.1) is 0 Å². The van der Waals surface area contributed by atoms with Crippen LogP contribution < -0.4 is 5.32 Å². The Morgan fingerprint density at radius 1 is 0.453 bits per heavy atom. The Bertz CT molecular complexity index is 1270. The fraction of sp³-hybridized carbons (Fsp3) is 0.922. The third-order valence-corrected chi connectivity index (χ3v) is 15.7. The highest BCUT2D eigenvalue weighted by atomic mass is 16.7. The minimum atomic E-state index is -1.67. The van der Waals surface area contributed by atoms with Crippen LogP contribution in [0.5, 0.6) is 0 Å². The van der Waals surface area contributed by atoms with Gasteiger partial charge in [-0.25, -0.2) is 0 Å². The number of unbranched alkanes of at least 4 members (excludes halogenated alkanes) is 40. The molecule has 0 aliphatic carbocycles. The van der Waals surface area contributed by atoms with E-state index in [-0.39, 0.29) is 12.8 Å². The first-order valence-corrected chi connectivity index (χ1v) is 32.2. The van der Waals surface area contributed by atoms with Crippen LogP contribution in [0.3, 0.4) is 0 Å². The largest absolute Gasteiger partial charge is 0.394 e. The minimum Gasteiger partial charge on any atom is -0.394 e. The molecule has 444 valence electrons. The maximum atomic E-state index is 13.2. The number of hydrogen-bond acceptors (Lipinski definition) is 10. The number of hydrogen-bond donors (Lipinski definition) is 8. The van der Waals surface area contributed by atoms with E-state index in [9.17, 15) is 40.5 Å². The van der Waals surface area contributed by atoms with Crippen molar-refractivity contribution < 1.29 is 50.0 Å². The number of carbonyl (C=O) groups is 1. The molecule has 0 aromatic rings. The van der Waals surface area contributed by atoms with Gasteiger partial charge in [-0.05, 0) is 51.4 Å². The first kappa shape index (κ1) is 71.6. The van der Waals surface area contributed by atoms with Crippen LogP contribution in [0.25, 0.3) is 0 Å². The van der Waals surface area contributed by atoms with E-state index in [1.54, 1.807) is 0 Å². The maximum Gasteiger partial charge on any atom is 0.249 e. The van der Waals surface area contributed by atoms with Gasteiger partial charge in [-0.15, -0.1) is 0 Å². The highest BCUT2D eigenvalue weighted by molar-refractivity contribution is 5.80. The monoisotopic (exact) mass is 1070 g/mol. The third kappa shape index (κ3) is 41.3. The van der Waals surface area contributed by atoms with E-state index < -0.39 is 74.2 Å². The Morgan fingerprint density at radius 3 is 1.19 bits per heavy atom. The molecule has 9 unspecified atom stereocenters. The van der Waals surface area contributed by atoms with Crippen molar-refractivity contribution in [2.75, 3.05) is 13.2 Å². The summed E-state index contributed by atoms with van der Waals surface area (Å²) in [5, 5.41) is 76.3. The summed E-state index contributed by atoms with van der Waals surface area (Å²) in [6.45, 7) is 3.48. The van der Waals surface area contributed by atoms with E-state index >= 15 is 0 Å². The molecule has 0 spiro atoms. The summed E-state index contributed by atoms with van der Waals surface area (Å²) >= 11 is 0. The summed E-state index contributed by atoms with van der Waals surface area (Å²) in [4.78, 5) is 13.2. The van der Waals surface area contributed by atoms with E-state index in [4.69, 9.17) is 9.47 Å². The molecule has 0 aromatic heterocycles. The van der Waals surface area contributed by atoms with Gasteiger partial charge in [-0.3, -0.25) is 4.79 Å². The van der Waals surface area contributed by atoms with Gasteiger partial charge in [0.15, 0.2) is 6.29 Å². The second-order valence-corrected chi connectivity index (χ2v) is 22.8. The lowest BCUT2D eigenvalue weighted by Gasteiger charge is -2.40. The Hall–Kier alpha value is -1.41. The van der Waals surface area contributed by atoms with Crippen molar-refractivity contribution in [3.8, 4) is 0 Å². The molecule has 0 bridgehead atoms. The zero-order chi connectivity index (χ0) is 54.7. The van der Waals surface area contributed by atoms with E-state index in [1.807, 2.05) is 0 Å². The predicted molar refractivity (Wildman–Crippen MR) is 312 cm³/mol. The van der Waals surface area contributed by atoms with Crippen molar-refractivity contribution in [3.63, 3.8) is 0 Å². The number of amides is 1. The van der Waals surface area contributed by atoms with E-state index in [0.29, 0.717) is 19.3 Å². The first-order chi connectivity index (χ1) is 36.7. The molecule has 9 atom stereocenters. The zero-order valence-corrected chi connectivity index (χ0v) is 48.8.